The van der Waals surface area contributed by atoms with Crippen LogP contribution in [0.25, 0.3) is 0 Å². The van der Waals surface area contributed by atoms with Gasteiger partial charge in [0.05, 0.1) is 6.04 Å². The molecule has 19 heavy (non-hydrogen) atoms. The van der Waals surface area contributed by atoms with Gasteiger partial charge < -0.3 is 11.1 Å². The Balaban J connectivity index is 1.41. The van der Waals surface area contributed by atoms with Gasteiger partial charge in [-0.25, -0.2) is 0 Å². The molecule has 3 nitrogen and oxygen atoms in total. The van der Waals surface area contributed by atoms with Crippen LogP contribution in [0.3, 0.4) is 0 Å². The van der Waals surface area contributed by atoms with E-state index in [1.54, 1.807) is 0 Å². The first kappa shape index (κ1) is 11.5. The fraction of sp³-hybridized carbons (Fsp3) is 0.562. The lowest BCUT2D eigenvalue weighted by atomic mass is 9.80. The van der Waals surface area contributed by atoms with Crippen LogP contribution in [0.15, 0.2) is 24.3 Å². The molecule has 1 amide bonds. The van der Waals surface area contributed by atoms with Gasteiger partial charge in [0, 0.05) is 12.0 Å². The Hall–Kier alpha value is -1.35. The SMILES string of the molecule is NC(C(=O)NC1C2Cc3ccccc3C21)C1CCC1. The van der Waals surface area contributed by atoms with Crippen molar-refractivity contribution in [3.8, 4) is 0 Å². The molecular weight excluding hydrogens is 236 g/mol. The lowest BCUT2D eigenvalue weighted by Crippen LogP contribution is -2.48. The van der Waals surface area contributed by atoms with E-state index in [-0.39, 0.29) is 11.9 Å². The molecule has 4 rings (SSSR count). The summed E-state index contributed by atoms with van der Waals surface area (Å²) < 4.78 is 0. The fourth-order valence-corrected chi connectivity index (χ4v) is 3.82. The quantitative estimate of drug-likeness (QED) is 0.862. The number of hydrogen-bond donors (Lipinski definition) is 2. The molecule has 0 spiro atoms. The van der Waals surface area contributed by atoms with Crippen LogP contribution in [0.5, 0.6) is 0 Å². The lowest BCUT2D eigenvalue weighted by molar-refractivity contribution is -0.124. The molecule has 2 fully saturated rings. The molecule has 0 heterocycles. The molecule has 1 aromatic carbocycles. The second kappa shape index (κ2) is 4.07. The third-order valence-corrected chi connectivity index (χ3v) is 5.31. The molecule has 3 aliphatic carbocycles. The molecule has 100 valence electrons. The highest BCUT2D eigenvalue weighted by Gasteiger charge is 2.56. The van der Waals surface area contributed by atoms with Crippen molar-refractivity contribution in [3.05, 3.63) is 35.4 Å². The molecule has 0 radical (unpaired) electrons. The summed E-state index contributed by atoms with van der Waals surface area (Å²) in [5.74, 6) is 1.66. The number of nitrogens with two attached hydrogens (primary N) is 1. The van der Waals surface area contributed by atoms with E-state index in [1.807, 2.05) is 0 Å². The maximum Gasteiger partial charge on any atom is 0.237 e. The highest BCUT2D eigenvalue weighted by atomic mass is 16.2. The number of carbonyl (C=O) groups is 1. The highest BCUT2D eigenvalue weighted by Crippen LogP contribution is 2.56. The summed E-state index contributed by atoms with van der Waals surface area (Å²) in [6.45, 7) is 0. The van der Waals surface area contributed by atoms with Crippen LogP contribution < -0.4 is 11.1 Å². The number of hydrogen-bond acceptors (Lipinski definition) is 2. The summed E-state index contributed by atoms with van der Waals surface area (Å²) in [7, 11) is 0. The monoisotopic (exact) mass is 256 g/mol. The lowest BCUT2D eigenvalue weighted by Gasteiger charge is -2.30. The minimum atomic E-state index is -0.287. The smallest absolute Gasteiger partial charge is 0.237 e. The first-order valence-corrected chi connectivity index (χ1v) is 7.39. The van der Waals surface area contributed by atoms with Gasteiger partial charge in [-0.1, -0.05) is 30.7 Å². The van der Waals surface area contributed by atoms with E-state index in [1.165, 1.54) is 17.5 Å². The van der Waals surface area contributed by atoms with Gasteiger partial charge in [0.25, 0.3) is 0 Å². The summed E-state index contributed by atoms with van der Waals surface area (Å²) in [6.07, 6.45) is 4.59. The van der Waals surface area contributed by atoms with Crippen LogP contribution in [-0.2, 0) is 11.2 Å². The summed E-state index contributed by atoms with van der Waals surface area (Å²) in [5.41, 5.74) is 8.94. The third-order valence-electron chi connectivity index (χ3n) is 5.31. The first-order valence-electron chi connectivity index (χ1n) is 7.39. The van der Waals surface area contributed by atoms with Gasteiger partial charge >= 0.3 is 0 Å². The van der Waals surface area contributed by atoms with E-state index < -0.39 is 0 Å². The minimum absolute atomic E-state index is 0.0709. The van der Waals surface area contributed by atoms with Gasteiger partial charge in [0.2, 0.25) is 5.91 Å². The number of amides is 1. The van der Waals surface area contributed by atoms with Crippen LogP contribution in [0.4, 0.5) is 0 Å². The van der Waals surface area contributed by atoms with Gasteiger partial charge in [0.15, 0.2) is 0 Å². The Labute approximate surface area is 113 Å². The molecular formula is C16H20N2O. The summed E-state index contributed by atoms with van der Waals surface area (Å²) in [6, 6.07) is 8.67. The molecule has 3 heteroatoms. The van der Waals surface area contributed by atoms with Gasteiger partial charge in [0.1, 0.15) is 0 Å². The predicted octanol–water partition coefficient (Wildman–Crippen LogP) is 1.57. The van der Waals surface area contributed by atoms with Crippen molar-refractivity contribution in [2.75, 3.05) is 0 Å². The average molecular weight is 256 g/mol. The van der Waals surface area contributed by atoms with Gasteiger partial charge in [-0.05, 0) is 42.2 Å². The van der Waals surface area contributed by atoms with E-state index in [2.05, 4.69) is 29.6 Å². The van der Waals surface area contributed by atoms with Crippen molar-refractivity contribution < 1.29 is 4.79 Å². The Bertz CT molecular complexity index is 523. The zero-order valence-electron chi connectivity index (χ0n) is 11.0. The van der Waals surface area contributed by atoms with Crippen molar-refractivity contribution in [1.82, 2.24) is 5.32 Å². The van der Waals surface area contributed by atoms with E-state index in [0.29, 0.717) is 23.8 Å². The van der Waals surface area contributed by atoms with Crippen LogP contribution in [0.2, 0.25) is 0 Å². The molecule has 3 N–H and O–H groups in total. The topological polar surface area (TPSA) is 55.1 Å². The molecule has 3 aliphatic rings. The number of rotatable bonds is 3. The fourth-order valence-electron chi connectivity index (χ4n) is 3.82. The van der Waals surface area contributed by atoms with E-state index in [4.69, 9.17) is 5.73 Å². The van der Waals surface area contributed by atoms with Crippen molar-refractivity contribution in [2.24, 2.45) is 17.6 Å². The molecule has 0 aliphatic heterocycles. The molecule has 4 atom stereocenters. The maximum atomic E-state index is 12.1. The van der Waals surface area contributed by atoms with Crippen molar-refractivity contribution in [1.29, 1.82) is 0 Å². The largest absolute Gasteiger partial charge is 0.351 e. The normalized spacial score (nSPS) is 33.0. The van der Waals surface area contributed by atoms with Crippen molar-refractivity contribution in [3.63, 3.8) is 0 Å². The minimum Gasteiger partial charge on any atom is -0.351 e. The second-order valence-electron chi connectivity index (χ2n) is 6.34. The third kappa shape index (κ3) is 1.71. The molecule has 1 aromatic rings. The zero-order chi connectivity index (χ0) is 13.0. The van der Waals surface area contributed by atoms with Gasteiger partial charge in [-0.3, -0.25) is 4.79 Å². The van der Waals surface area contributed by atoms with Gasteiger partial charge in [-0.2, -0.15) is 0 Å². The number of carbonyl (C=O) groups excluding carboxylic acids is 1. The average Bonchev–Trinajstić information content (AvgIpc) is 2.86. The Morgan fingerprint density at radius 3 is 2.84 bits per heavy atom. The first-order chi connectivity index (χ1) is 9.25. The summed E-state index contributed by atoms with van der Waals surface area (Å²) in [4.78, 5) is 12.1. The standard InChI is InChI=1S/C16H20N2O/c17-14(9-5-3-6-9)16(19)18-15-12-8-10-4-1-2-7-11(10)13(12)15/h1-2,4,7,9,12-15H,3,5-6,8,17H2,(H,18,19). The number of fused-ring (bicyclic) bond motifs is 3. The van der Waals surface area contributed by atoms with Crippen molar-refractivity contribution >= 4 is 5.91 Å². The summed E-state index contributed by atoms with van der Waals surface area (Å²) in [5, 5.41) is 3.18. The van der Waals surface area contributed by atoms with Crippen molar-refractivity contribution in [2.45, 2.75) is 43.7 Å². The molecule has 2 saturated carbocycles. The van der Waals surface area contributed by atoms with Crippen LogP contribution in [-0.4, -0.2) is 18.0 Å². The van der Waals surface area contributed by atoms with E-state index in [0.717, 1.165) is 19.3 Å². The van der Waals surface area contributed by atoms with E-state index >= 15 is 0 Å². The van der Waals surface area contributed by atoms with Crippen LogP contribution in [0, 0.1) is 11.8 Å². The van der Waals surface area contributed by atoms with Crippen LogP contribution >= 0.6 is 0 Å². The van der Waals surface area contributed by atoms with Crippen LogP contribution in [0.1, 0.15) is 36.3 Å². The van der Waals surface area contributed by atoms with Gasteiger partial charge in [-0.15, -0.1) is 0 Å². The zero-order valence-corrected chi connectivity index (χ0v) is 11.0. The van der Waals surface area contributed by atoms with E-state index in [9.17, 15) is 4.79 Å². The maximum absolute atomic E-state index is 12.1. The summed E-state index contributed by atoms with van der Waals surface area (Å²) >= 11 is 0. The number of benzene rings is 1. The second-order valence-corrected chi connectivity index (χ2v) is 6.34. The Morgan fingerprint density at radius 2 is 2.11 bits per heavy atom. The molecule has 4 unspecified atom stereocenters. The molecule has 0 saturated heterocycles. The Kier molecular flexibility index (Phi) is 2.46. The number of nitrogens with one attached hydrogen (secondary N) is 1. The molecule has 0 aromatic heterocycles. The predicted molar refractivity (Wildman–Crippen MR) is 73.6 cm³/mol. The molecule has 0 bridgehead atoms. The highest BCUT2D eigenvalue weighted by molar-refractivity contribution is 5.83. The Morgan fingerprint density at radius 1 is 1.32 bits per heavy atom.